The summed E-state index contributed by atoms with van der Waals surface area (Å²) in [6, 6.07) is 9.21. The molecule has 0 aliphatic carbocycles. The Hall–Kier alpha value is -3.09. The van der Waals surface area contributed by atoms with Crippen LogP contribution < -0.4 is 5.69 Å². The third-order valence-corrected chi connectivity index (χ3v) is 3.89. The lowest BCUT2D eigenvalue weighted by Gasteiger charge is -2.16. The van der Waals surface area contributed by atoms with Crippen molar-refractivity contribution in [1.82, 2.24) is 24.8 Å². The molecule has 7 nitrogen and oxygen atoms in total. The predicted octanol–water partition coefficient (Wildman–Crippen LogP) is 2.18. The fourth-order valence-corrected chi connectivity index (χ4v) is 2.75. The number of carbonyl (C=O) groups excluding carboxylic acids is 1. The zero-order chi connectivity index (χ0) is 18.7. The van der Waals surface area contributed by atoms with Gasteiger partial charge < -0.3 is 9.88 Å². The van der Waals surface area contributed by atoms with E-state index in [1.807, 2.05) is 38.1 Å². The van der Waals surface area contributed by atoms with E-state index in [0.29, 0.717) is 23.7 Å². The maximum atomic E-state index is 12.7. The van der Waals surface area contributed by atoms with Crippen molar-refractivity contribution < 1.29 is 4.79 Å². The molecule has 0 aliphatic heterocycles. The smallest absolute Gasteiger partial charge is 0.334 e. The number of nitrogens with zero attached hydrogens (tertiary/aromatic N) is 4. The maximum Gasteiger partial charge on any atom is 0.345 e. The summed E-state index contributed by atoms with van der Waals surface area (Å²) in [4.78, 5) is 41.3. The number of nitrogens with one attached hydrogen (secondary N) is 1. The molecule has 0 fully saturated rings. The van der Waals surface area contributed by atoms with E-state index in [-0.39, 0.29) is 18.1 Å². The minimum atomic E-state index is -0.509. The molecule has 3 aromatic rings. The Morgan fingerprint density at radius 2 is 1.92 bits per heavy atom. The van der Waals surface area contributed by atoms with Crippen LogP contribution in [0.15, 0.2) is 41.3 Å². The van der Waals surface area contributed by atoms with Crippen LogP contribution in [0.3, 0.4) is 0 Å². The Balaban J connectivity index is 1.80. The molecule has 134 valence electrons. The van der Waals surface area contributed by atoms with Gasteiger partial charge in [-0.05, 0) is 30.5 Å². The van der Waals surface area contributed by atoms with Crippen LogP contribution in [0.25, 0.3) is 11.0 Å². The Morgan fingerprint density at radius 1 is 1.19 bits per heavy atom. The first-order chi connectivity index (χ1) is 12.4. The number of aromatic nitrogens is 4. The minimum Gasteiger partial charge on any atom is -0.334 e. The van der Waals surface area contributed by atoms with Crippen LogP contribution in [-0.4, -0.2) is 37.8 Å². The van der Waals surface area contributed by atoms with E-state index in [0.717, 1.165) is 11.0 Å². The van der Waals surface area contributed by atoms with Gasteiger partial charge in [0.1, 0.15) is 5.69 Å². The number of benzene rings is 1. The van der Waals surface area contributed by atoms with Gasteiger partial charge in [-0.2, -0.15) is 4.98 Å². The summed E-state index contributed by atoms with van der Waals surface area (Å²) in [5.74, 6) is 0.0395. The van der Waals surface area contributed by atoms with Gasteiger partial charge in [0.05, 0.1) is 29.5 Å². The van der Waals surface area contributed by atoms with Crippen molar-refractivity contribution in [3.8, 4) is 0 Å². The van der Waals surface area contributed by atoms with Crippen LogP contribution in [0.4, 0.5) is 0 Å². The summed E-state index contributed by atoms with van der Waals surface area (Å²) in [5, 5.41) is 0. The minimum absolute atomic E-state index is 0.139. The van der Waals surface area contributed by atoms with Gasteiger partial charge >= 0.3 is 5.69 Å². The molecule has 1 aromatic carbocycles. The SMILES string of the molecule is CC(C)Cc1cc(C(=O)N(C)Cc2cnc3ccccc3n2)nc(=O)[nH]1. The largest absolute Gasteiger partial charge is 0.345 e. The zero-order valence-corrected chi connectivity index (χ0v) is 15.1. The van der Waals surface area contributed by atoms with Crippen LogP contribution in [0, 0.1) is 5.92 Å². The highest BCUT2D eigenvalue weighted by Gasteiger charge is 2.16. The fourth-order valence-electron chi connectivity index (χ4n) is 2.75. The van der Waals surface area contributed by atoms with Gasteiger partial charge in [-0.25, -0.2) is 9.78 Å². The molecule has 26 heavy (non-hydrogen) atoms. The predicted molar refractivity (Wildman–Crippen MR) is 98.7 cm³/mol. The molecule has 0 radical (unpaired) electrons. The van der Waals surface area contributed by atoms with Crippen LogP contribution in [-0.2, 0) is 13.0 Å². The highest BCUT2D eigenvalue weighted by molar-refractivity contribution is 5.92. The first-order valence-electron chi connectivity index (χ1n) is 8.48. The van der Waals surface area contributed by atoms with Crippen molar-refractivity contribution in [2.45, 2.75) is 26.8 Å². The number of amides is 1. The zero-order valence-electron chi connectivity index (χ0n) is 15.1. The summed E-state index contributed by atoms with van der Waals surface area (Å²) < 4.78 is 0. The fraction of sp³-hybridized carbons (Fsp3) is 0.316. The van der Waals surface area contributed by atoms with E-state index >= 15 is 0 Å². The summed E-state index contributed by atoms with van der Waals surface area (Å²) in [5.41, 5.74) is 2.60. The molecular formula is C19H21N5O2. The average Bonchev–Trinajstić information content (AvgIpc) is 2.59. The Kier molecular flexibility index (Phi) is 5.06. The first-order valence-corrected chi connectivity index (χ1v) is 8.48. The number of fused-ring (bicyclic) bond motifs is 1. The number of para-hydroxylation sites is 2. The molecular weight excluding hydrogens is 330 g/mol. The Morgan fingerprint density at radius 3 is 2.65 bits per heavy atom. The van der Waals surface area contributed by atoms with E-state index in [1.165, 1.54) is 4.90 Å². The molecule has 0 bridgehead atoms. The van der Waals surface area contributed by atoms with Gasteiger partial charge in [0.25, 0.3) is 5.91 Å². The molecule has 7 heteroatoms. The summed E-state index contributed by atoms with van der Waals surface area (Å²) in [6.07, 6.45) is 2.33. The normalized spacial score (nSPS) is 11.1. The number of carbonyl (C=O) groups is 1. The topological polar surface area (TPSA) is 91.8 Å². The van der Waals surface area contributed by atoms with Crippen LogP contribution in [0.1, 0.15) is 35.7 Å². The van der Waals surface area contributed by atoms with Crippen molar-refractivity contribution >= 4 is 16.9 Å². The second-order valence-electron chi connectivity index (χ2n) is 6.71. The number of aromatic amines is 1. The van der Waals surface area contributed by atoms with Crippen molar-refractivity contribution in [3.63, 3.8) is 0 Å². The Labute approximate surface area is 151 Å². The molecule has 2 aromatic heterocycles. The van der Waals surface area contributed by atoms with Gasteiger partial charge in [0.15, 0.2) is 0 Å². The van der Waals surface area contributed by atoms with Crippen molar-refractivity contribution in [1.29, 1.82) is 0 Å². The summed E-state index contributed by atoms with van der Waals surface area (Å²) in [7, 11) is 1.66. The average molecular weight is 351 g/mol. The lowest BCUT2D eigenvalue weighted by atomic mass is 10.1. The van der Waals surface area contributed by atoms with E-state index in [2.05, 4.69) is 19.9 Å². The second kappa shape index (κ2) is 7.43. The number of H-pyrrole nitrogens is 1. The van der Waals surface area contributed by atoms with Gasteiger partial charge in [0.2, 0.25) is 0 Å². The van der Waals surface area contributed by atoms with Crippen LogP contribution in [0.5, 0.6) is 0 Å². The third-order valence-electron chi connectivity index (χ3n) is 3.89. The Bertz CT molecular complexity index is 996. The third kappa shape index (κ3) is 4.11. The lowest BCUT2D eigenvalue weighted by molar-refractivity contribution is 0.0777. The highest BCUT2D eigenvalue weighted by Crippen LogP contribution is 2.11. The number of hydrogen-bond acceptors (Lipinski definition) is 5. The van der Waals surface area contributed by atoms with E-state index in [4.69, 9.17) is 0 Å². The van der Waals surface area contributed by atoms with Gasteiger partial charge in [-0.3, -0.25) is 9.78 Å². The van der Waals surface area contributed by atoms with Gasteiger partial charge in [-0.15, -0.1) is 0 Å². The number of hydrogen-bond donors (Lipinski definition) is 1. The lowest BCUT2D eigenvalue weighted by Crippen LogP contribution is -2.30. The first kappa shape index (κ1) is 17.7. The molecule has 0 aliphatic rings. The van der Waals surface area contributed by atoms with Crippen molar-refractivity contribution in [2.24, 2.45) is 5.92 Å². The second-order valence-corrected chi connectivity index (χ2v) is 6.71. The molecule has 0 atom stereocenters. The summed E-state index contributed by atoms with van der Waals surface area (Å²) in [6.45, 7) is 4.38. The van der Waals surface area contributed by atoms with E-state index < -0.39 is 5.69 Å². The molecule has 2 heterocycles. The maximum absolute atomic E-state index is 12.7. The van der Waals surface area contributed by atoms with E-state index in [9.17, 15) is 9.59 Å². The molecule has 3 rings (SSSR count). The molecule has 0 saturated heterocycles. The quantitative estimate of drug-likeness (QED) is 0.761. The number of rotatable bonds is 5. The van der Waals surface area contributed by atoms with Crippen LogP contribution in [0.2, 0.25) is 0 Å². The van der Waals surface area contributed by atoms with Crippen molar-refractivity contribution in [3.05, 3.63) is 64.1 Å². The molecule has 0 unspecified atom stereocenters. The van der Waals surface area contributed by atoms with Crippen LogP contribution >= 0.6 is 0 Å². The highest BCUT2D eigenvalue weighted by atomic mass is 16.2. The van der Waals surface area contributed by atoms with E-state index in [1.54, 1.807) is 19.3 Å². The summed E-state index contributed by atoms with van der Waals surface area (Å²) >= 11 is 0. The molecule has 0 spiro atoms. The molecule has 0 saturated carbocycles. The standard InChI is InChI=1S/C19H21N5O2/c1-12(2)8-13-9-17(23-19(26)22-13)18(25)24(3)11-14-10-20-15-6-4-5-7-16(15)21-14/h4-7,9-10,12H,8,11H2,1-3H3,(H,22,23,26). The van der Waals surface area contributed by atoms with Gasteiger partial charge in [0, 0.05) is 12.7 Å². The van der Waals surface area contributed by atoms with Crippen molar-refractivity contribution in [2.75, 3.05) is 7.05 Å². The molecule has 1 amide bonds. The van der Waals surface area contributed by atoms with Gasteiger partial charge in [-0.1, -0.05) is 26.0 Å². The monoisotopic (exact) mass is 351 g/mol. The molecule has 1 N–H and O–H groups in total.